The zero-order chi connectivity index (χ0) is 11.5. The van der Waals surface area contributed by atoms with E-state index < -0.39 is 17.5 Å². The van der Waals surface area contributed by atoms with Gasteiger partial charge in [-0.1, -0.05) is 0 Å². The van der Waals surface area contributed by atoms with Crippen LogP contribution in [0.3, 0.4) is 0 Å². The quantitative estimate of drug-likeness (QED) is 0.564. The van der Waals surface area contributed by atoms with Crippen molar-refractivity contribution in [2.24, 2.45) is 0 Å². The summed E-state index contributed by atoms with van der Waals surface area (Å²) in [5.41, 5.74) is 0.236. The van der Waals surface area contributed by atoms with Crippen molar-refractivity contribution < 1.29 is 18.5 Å². The lowest BCUT2D eigenvalue weighted by Gasteiger charge is -2.09. The molecule has 1 heterocycles. The summed E-state index contributed by atoms with van der Waals surface area (Å²) >= 11 is 0. The first-order valence-corrected chi connectivity index (χ1v) is 4.68. The maximum atomic E-state index is 13.6. The molecule has 1 radical (unpaired) electrons. The van der Waals surface area contributed by atoms with Crippen LogP contribution in [0, 0.1) is 23.0 Å². The highest BCUT2D eigenvalue weighted by Crippen LogP contribution is 2.26. The lowest BCUT2D eigenvalue weighted by molar-refractivity contribution is -0.183. The minimum absolute atomic E-state index is 0.0184. The fourth-order valence-electron chi connectivity index (χ4n) is 1.59. The topological polar surface area (TPSA) is 42.2 Å². The molecule has 2 rings (SSSR count). The predicted octanol–water partition coefficient (Wildman–Crippen LogP) is 1.65. The van der Waals surface area contributed by atoms with Crippen LogP contribution in [0.25, 0.3) is 0 Å². The number of nitriles is 1. The van der Waals surface area contributed by atoms with Crippen LogP contribution in [0.2, 0.25) is 0 Å². The molecular weight excluding hydrogens is 215 g/mol. The highest BCUT2D eigenvalue weighted by atomic mass is 19.1. The number of benzene rings is 1. The monoisotopic (exact) mass is 222 g/mol. The Hall–Kier alpha value is -1.45. The lowest BCUT2D eigenvalue weighted by Crippen LogP contribution is -2.10. The molecule has 1 atom stereocenters. The molecule has 0 bridgehead atoms. The van der Waals surface area contributed by atoms with E-state index in [0.717, 1.165) is 12.1 Å². The van der Waals surface area contributed by atoms with Gasteiger partial charge in [0.25, 0.3) is 0 Å². The summed E-state index contributed by atoms with van der Waals surface area (Å²) in [5.74, 6) is -1.91. The molecule has 0 aliphatic carbocycles. The molecule has 1 fully saturated rings. The highest BCUT2D eigenvalue weighted by Gasteiger charge is 2.28. The van der Waals surface area contributed by atoms with Crippen molar-refractivity contribution in [2.45, 2.75) is 12.2 Å². The predicted molar refractivity (Wildman–Crippen MR) is 51.2 cm³/mol. The minimum Gasteiger partial charge on any atom is -0.310 e. The molecule has 1 aliphatic rings. The molecule has 0 aromatic heterocycles. The Morgan fingerprint density at radius 3 is 2.62 bits per heavy atom. The van der Waals surface area contributed by atoms with Crippen molar-refractivity contribution in [1.82, 2.24) is 0 Å². The molecule has 0 saturated carbocycles. The van der Waals surface area contributed by atoms with Gasteiger partial charge in [0.05, 0.1) is 19.1 Å². The Morgan fingerprint density at radius 1 is 1.44 bits per heavy atom. The van der Waals surface area contributed by atoms with E-state index in [4.69, 9.17) is 5.26 Å². The average molecular weight is 222 g/mol. The fraction of sp³-hybridized carbons (Fsp3) is 0.300. The summed E-state index contributed by atoms with van der Waals surface area (Å²) in [4.78, 5) is 9.05. The molecule has 3 nitrogen and oxygen atoms in total. The van der Waals surface area contributed by atoms with Crippen molar-refractivity contribution in [3.8, 4) is 6.07 Å². The van der Waals surface area contributed by atoms with Gasteiger partial charge in [0.2, 0.25) is 0 Å². The van der Waals surface area contributed by atoms with Crippen molar-refractivity contribution >= 4 is 7.48 Å². The van der Waals surface area contributed by atoms with E-state index in [1.165, 1.54) is 7.48 Å². The summed E-state index contributed by atoms with van der Waals surface area (Å²) in [5, 5.41) is 8.44. The van der Waals surface area contributed by atoms with E-state index in [9.17, 15) is 8.78 Å². The zero-order valence-corrected chi connectivity index (χ0v) is 8.24. The van der Waals surface area contributed by atoms with Crippen LogP contribution in [0.4, 0.5) is 8.78 Å². The van der Waals surface area contributed by atoms with E-state index in [2.05, 4.69) is 9.69 Å². The summed E-state index contributed by atoms with van der Waals surface area (Å²) < 4.78 is 27.2. The summed E-state index contributed by atoms with van der Waals surface area (Å²) in [7, 11) is 1.24. The number of hydrogen-bond acceptors (Lipinski definition) is 3. The van der Waals surface area contributed by atoms with Crippen LogP contribution in [0.15, 0.2) is 12.1 Å². The Kier molecular flexibility index (Phi) is 3.18. The molecule has 0 N–H and O–H groups in total. The van der Waals surface area contributed by atoms with E-state index in [-0.39, 0.29) is 18.6 Å². The molecule has 1 aliphatic heterocycles. The van der Waals surface area contributed by atoms with Crippen LogP contribution < -0.4 is 0 Å². The third-order valence-corrected chi connectivity index (χ3v) is 2.33. The van der Waals surface area contributed by atoms with Gasteiger partial charge in [-0.15, -0.1) is 0 Å². The van der Waals surface area contributed by atoms with E-state index in [0.29, 0.717) is 5.56 Å². The fourth-order valence-corrected chi connectivity index (χ4v) is 1.59. The van der Waals surface area contributed by atoms with E-state index in [1.807, 2.05) is 6.07 Å². The summed E-state index contributed by atoms with van der Waals surface area (Å²) in [6.07, 6.45) is -0.0184. The van der Waals surface area contributed by atoms with Crippen LogP contribution >= 0.6 is 0 Å². The van der Waals surface area contributed by atoms with Crippen molar-refractivity contribution in [2.75, 3.05) is 6.61 Å². The van der Waals surface area contributed by atoms with Gasteiger partial charge in [-0.05, 0) is 17.7 Å². The van der Waals surface area contributed by atoms with Crippen molar-refractivity contribution in [1.29, 1.82) is 5.26 Å². The van der Waals surface area contributed by atoms with Gasteiger partial charge < -0.3 is 4.81 Å². The maximum Gasteiger partial charge on any atom is 0.355 e. The first kappa shape index (κ1) is 11.1. The Labute approximate surface area is 91.8 Å². The van der Waals surface area contributed by atoms with Gasteiger partial charge in [0.15, 0.2) is 0 Å². The summed E-state index contributed by atoms with van der Waals surface area (Å²) in [6.45, 7) is 0.0887. The Morgan fingerprint density at radius 2 is 2.12 bits per heavy atom. The maximum absolute atomic E-state index is 13.6. The third kappa shape index (κ3) is 2.06. The molecule has 1 aromatic carbocycles. The van der Waals surface area contributed by atoms with Gasteiger partial charge in [0.1, 0.15) is 11.6 Å². The molecule has 6 heteroatoms. The van der Waals surface area contributed by atoms with Gasteiger partial charge in [-0.25, -0.2) is 8.78 Å². The Bertz CT molecular complexity index is 418. The first-order chi connectivity index (χ1) is 7.72. The highest BCUT2D eigenvalue weighted by molar-refractivity contribution is 6.30. The number of hydrogen-bond donors (Lipinski definition) is 0. The average Bonchev–Trinajstić information content (AvgIpc) is 2.70. The second kappa shape index (κ2) is 4.60. The first-order valence-electron chi connectivity index (χ1n) is 4.68. The van der Waals surface area contributed by atoms with Gasteiger partial charge >= 0.3 is 7.48 Å². The van der Waals surface area contributed by atoms with Crippen LogP contribution in [-0.4, -0.2) is 14.1 Å². The zero-order valence-electron chi connectivity index (χ0n) is 8.24. The van der Waals surface area contributed by atoms with E-state index in [1.54, 1.807) is 0 Å². The molecule has 16 heavy (non-hydrogen) atoms. The third-order valence-electron chi connectivity index (χ3n) is 2.33. The Balaban J connectivity index is 2.35. The van der Waals surface area contributed by atoms with Gasteiger partial charge in [-0.2, -0.15) is 5.26 Å². The second-order valence-electron chi connectivity index (χ2n) is 3.43. The van der Waals surface area contributed by atoms with Gasteiger partial charge in [-0.3, -0.25) is 4.89 Å². The molecule has 1 unspecified atom stereocenters. The SMILES string of the molecule is N#CCc1cc(F)c(C2[B]OOC2)c(F)c1. The molecule has 1 saturated heterocycles. The van der Waals surface area contributed by atoms with Crippen LogP contribution in [-0.2, 0) is 16.1 Å². The lowest BCUT2D eigenvalue weighted by atomic mass is 9.76. The van der Waals surface area contributed by atoms with Crippen molar-refractivity contribution in [3.63, 3.8) is 0 Å². The minimum atomic E-state index is -0.680. The standard InChI is InChI=1S/C10H7BF2NO2/c12-8-3-6(1-2-14)4-9(13)10(8)7-5-15-16-11-7/h3-4,7H,1,5H2. The number of nitrogens with zero attached hydrogens (tertiary/aromatic N) is 1. The van der Waals surface area contributed by atoms with Crippen molar-refractivity contribution in [3.05, 3.63) is 34.9 Å². The number of halogens is 2. The number of rotatable bonds is 2. The van der Waals surface area contributed by atoms with E-state index >= 15 is 0 Å². The second-order valence-corrected chi connectivity index (χ2v) is 3.43. The largest absolute Gasteiger partial charge is 0.355 e. The molecule has 1 aromatic rings. The normalized spacial score (nSPS) is 19.2. The molecule has 0 spiro atoms. The molecule has 0 amide bonds. The molecular formula is C10H7BF2NO2. The van der Waals surface area contributed by atoms with Crippen LogP contribution in [0.1, 0.15) is 16.9 Å². The van der Waals surface area contributed by atoms with Gasteiger partial charge in [0, 0.05) is 11.4 Å². The smallest absolute Gasteiger partial charge is 0.310 e. The van der Waals surface area contributed by atoms with Crippen LogP contribution in [0.5, 0.6) is 0 Å². The molecule has 81 valence electrons. The summed E-state index contributed by atoms with van der Waals surface area (Å²) in [6, 6.07) is 4.16.